The summed E-state index contributed by atoms with van der Waals surface area (Å²) in [4.78, 5) is 13.0. The van der Waals surface area contributed by atoms with Crippen molar-refractivity contribution in [3.8, 4) is 0 Å². The molecule has 0 unspecified atom stereocenters. The Kier molecular flexibility index (Phi) is 4.81. The van der Waals surface area contributed by atoms with Crippen molar-refractivity contribution in [1.82, 2.24) is 0 Å². The molecule has 5 heteroatoms. The number of benzene rings is 1. The summed E-state index contributed by atoms with van der Waals surface area (Å²) in [5.74, 6) is -0.0560. The minimum Gasteiger partial charge on any atom is -0.392 e. The Morgan fingerprint density at radius 3 is 2.65 bits per heavy atom. The van der Waals surface area contributed by atoms with Crippen LogP contribution < -0.4 is 11.1 Å². The number of hydrogen-bond donors (Lipinski definition) is 2. The van der Waals surface area contributed by atoms with Crippen molar-refractivity contribution in [2.45, 2.75) is 39.0 Å². The third-order valence-electron chi connectivity index (χ3n) is 4.06. The predicted octanol–water partition coefficient (Wildman–Crippen LogP) is 3.80. The number of amides is 1. The van der Waals surface area contributed by atoms with Crippen molar-refractivity contribution in [3.63, 3.8) is 0 Å². The zero-order chi connectivity index (χ0) is 14.8. The average molecular weight is 355 g/mol. The van der Waals surface area contributed by atoms with E-state index >= 15 is 0 Å². The monoisotopic (exact) mass is 354 g/mol. The van der Waals surface area contributed by atoms with Crippen LogP contribution in [-0.4, -0.2) is 10.9 Å². The average Bonchev–Trinajstić information content (AvgIpc) is 2.91. The van der Waals surface area contributed by atoms with Crippen LogP contribution in [0.3, 0.4) is 0 Å². The third-order valence-corrected chi connectivity index (χ3v) is 4.94. The van der Waals surface area contributed by atoms with Gasteiger partial charge in [-0.25, -0.2) is 0 Å². The van der Waals surface area contributed by atoms with Crippen LogP contribution in [0.2, 0.25) is 0 Å². The summed E-state index contributed by atoms with van der Waals surface area (Å²) < 4.78 is 1.01. The molecular weight excluding hydrogens is 336 g/mol. The molecule has 1 saturated carbocycles. The number of carbonyl (C=O) groups is 1. The van der Waals surface area contributed by atoms with Gasteiger partial charge in [0, 0.05) is 10.2 Å². The molecule has 1 aliphatic rings. The van der Waals surface area contributed by atoms with E-state index in [2.05, 4.69) is 28.2 Å². The van der Waals surface area contributed by atoms with E-state index in [1.165, 1.54) is 0 Å². The molecule has 1 aromatic rings. The Bertz CT molecular complexity index is 539. The van der Waals surface area contributed by atoms with Crippen LogP contribution in [0.4, 0.5) is 5.69 Å². The van der Waals surface area contributed by atoms with Crippen molar-refractivity contribution < 1.29 is 4.79 Å². The Balaban J connectivity index is 2.25. The molecule has 108 valence electrons. The molecule has 20 heavy (non-hydrogen) atoms. The van der Waals surface area contributed by atoms with Crippen LogP contribution in [0.5, 0.6) is 0 Å². The van der Waals surface area contributed by atoms with E-state index in [0.29, 0.717) is 4.99 Å². The lowest BCUT2D eigenvalue weighted by molar-refractivity contribution is -0.122. The van der Waals surface area contributed by atoms with Crippen molar-refractivity contribution in [3.05, 3.63) is 28.2 Å². The molecule has 0 bridgehead atoms. The molecule has 1 amide bonds. The first-order chi connectivity index (χ1) is 9.49. The normalized spacial score (nSPS) is 16.9. The third kappa shape index (κ3) is 2.88. The Morgan fingerprint density at radius 1 is 1.45 bits per heavy atom. The smallest absolute Gasteiger partial charge is 0.237 e. The number of thiocarbonyl (C=S) groups is 1. The van der Waals surface area contributed by atoms with Gasteiger partial charge in [-0.1, -0.05) is 47.9 Å². The summed E-state index contributed by atoms with van der Waals surface area (Å²) >= 11 is 8.60. The molecule has 0 heterocycles. The number of halogens is 1. The van der Waals surface area contributed by atoms with E-state index in [1.807, 2.05) is 18.2 Å². The van der Waals surface area contributed by atoms with Crippen molar-refractivity contribution in [2.24, 2.45) is 11.1 Å². The summed E-state index contributed by atoms with van der Waals surface area (Å²) in [5, 5.41) is 3.03. The second-order valence-electron chi connectivity index (χ2n) is 5.26. The number of rotatable bonds is 4. The Labute approximate surface area is 133 Å². The Hall–Kier alpha value is -0.940. The number of aryl methyl sites for hydroxylation is 1. The highest BCUT2D eigenvalue weighted by molar-refractivity contribution is 9.10. The van der Waals surface area contributed by atoms with Gasteiger partial charge in [0.15, 0.2) is 0 Å². The largest absolute Gasteiger partial charge is 0.392 e. The van der Waals surface area contributed by atoms with E-state index in [-0.39, 0.29) is 5.91 Å². The maximum absolute atomic E-state index is 12.6. The van der Waals surface area contributed by atoms with Gasteiger partial charge in [-0.3, -0.25) is 4.79 Å². The molecular formula is C15H19BrN2OS. The van der Waals surface area contributed by atoms with Gasteiger partial charge in [0.25, 0.3) is 0 Å². The number of nitrogens with one attached hydrogen (secondary N) is 1. The van der Waals surface area contributed by atoms with Crippen LogP contribution in [0.25, 0.3) is 0 Å². The first-order valence-electron chi connectivity index (χ1n) is 6.89. The molecule has 0 saturated heterocycles. The fourth-order valence-electron chi connectivity index (χ4n) is 2.78. The van der Waals surface area contributed by atoms with Crippen LogP contribution in [0, 0.1) is 5.41 Å². The highest BCUT2D eigenvalue weighted by atomic mass is 79.9. The molecule has 0 aliphatic heterocycles. The second kappa shape index (κ2) is 6.22. The van der Waals surface area contributed by atoms with Crippen LogP contribution >= 0.6 is 28.1 Å². The van der Waals surface area contributed by atoms with Crippen molar-refractivity contribution >= 4 is 44.7 Å². The molecule has 3 N–H and O–H groups in total. The number of hydrogen-bond acceptors (Lipinski definition) is 2. The summed E-state index contributed by atoms with van der Waals surface area (Å²) in [5.41, 5.74) is 7.14. The molecule has 0 aromatic heterocycles. The van der Waals surface area contributed by atoms with Gasteiger partial charge >= 0.3 is 0 Å². The minimum atomic E-state index is -0.659. The fourth-order valence-corrected chi connectivity index (χ4v) is 3.49. The van der Waals surface area contributed by atoms with Crippen LogP contribution in [0.15, 0.2) is 22.7 Å². The van der Waals surface area contributed by atoms with Crippen LogP contribution in [-0.2, 0) is 11.2 Å². The van der Waals surface area contributed by atoms with E-state index in [0.717, 1.165) is 47.8 Å². The highest BCUT2D eigenvalue weighted by Gasteiger charge is 2.44. The SMILES string of the molecule is CCc1cc(Br)ccc1NC(=O)C1(C(N)=S)CCCC1. The predicted molar refractivity (Wildman–Crippen MR) is 89.8 cm³/mol. The quantitative estimate of drug-likeness (QED) is 0.808. The highest BCUT2D eigenvalue weighted by Crippen LogP contribution is 2.39. The van der Waals surface area contributed by atoms with Crippen molar-refractivity contribution in [1.29, 1.82) is 0 Å². The van der Waals surface area contributed by atoms with E-state index in [9.17, 15) is 4.79 Å². The summed E-state index contributed by atoms with van der Waals surface area (Å²) in [7, 11) is 0. The van der Waals surface area contributed by atoms with E-state index in [1.54, 1.807) is 0 Å². The summed E-state index contributed by atoms with van der Waals surface area (Å²) in [6, 6.07) is 5.87. The molecule has 1 aromatic carbocycles. The Morgan fingerprint density at radius 2 is 2.10 bits per heavy atom. The lowest BCUT2D eigenvalue weighted by Gasteiger charge is -2.26. The lowest BCUT2D eigenvalue weighted by Crippen LogP contribution is -2.44. The fraction of sp³-hybridized carbons (Fsp3) is 0.467. The molecule has 0 atom stereocenters. The van der Waals surface area contributed by atoms with E-state index < -0.39 is 5.41 Å². The van der Waals surface area contributed by atoms with Crippen LogP contribution in [0.1, 0.15) is 38.2 Å². The van der Waals surface area contributed by atoms with Gasteiger partial charge in [0.1, 0.15) is 0 Å². The second-order valence-corrected chi connectivity index (χ2v) is 6.62. The van der Waals surface area contributed by atoms with Gasteiger partial charge in [-0.2, -0.15) is 0 Å². The number of nitrogens with two attached hydrogens (primary N) is 1. The topological polar surface area (TPSA) is 55.1 Å². The first-order valence-corrected chi connectivity index (χ1v) is 8.09. The van der Waals surface area contributed by atoms with Gasteiger partial charge in [0.2, 0.25) is 5.91 Å². The molecule has 2 rings (SSSR count). The van der Waals surface area contributed by atoms with Gasteiger partial charge < -0.3 is 11.1 Å². The zero-order valence-electron chi connectivity index (χ0n) is 11.5. The molecule has 1 aliphatic carbocycles. The number of anilines is 1. The summed E-state index contributed by atoms with van der Waals surface area (Å²) in [6.45, 7) is 2.07. The van der Waals surface area contributed by atoms with Gasteiger partial charge in [0.05, 0.1) is 10.4 Å². The lowest BCUT2D eigenvalue weighted by atomic mass is 9.85. The zero-order valence-corrected chi connectivity index (χ0v) is 13.9. The van der Waals surface area contributed by atoms with Crippen molar-refractivity contribution in [2.75, 3.05) is 5.32 Å². The maximum atomic E-state index is 12.6. The summed E-state index contributed by atoms with van der Waals surface area (Å²) in [6.07, 6.45) is 4.38. The van der Waals surface area contributed by atoms with Gasteiger partial charge in [-0.15, -0.1) is 0 Å². The molecule has 0 spiro atoms. The molecule has 0 radical (unpaired) electrons. The maximum Gasteiger partial charge on any atom is 0.237 e. The standard InChI is InChI=1S/C15H19BrN2OS/c1-2-10-9-11(16)5-6-12(10)18-14(19)15(13(17)20)7-3-4-8-15/h5-6,9H,2-4,7-8H2,1H3,(H2,17,20)(H,18,19). The van der Waals surface area contributed by atoms with E-state index in [4.69, 9.17) is 18.0 Å². The molecule has 3 nitrogen and oxygen atoms in total. The first kappa shape index (κ1) is 15.4. The van der Waals surface area contributed by atoms with Gasteiger partial charge in [-0.05, 0) is 43.0 Å². The minimum absolute atomic E-state index is 0.0560. The molecule has 1 fully saturated rings. The number of carbonyl (C=O) groups excluding carboxylic acids is 1.